The standard InChI is InChI=1S/C18H20F2O7/c1-2-17(9-3-4-10-17)27-16(24)26-13-7-5-12(6-8-13)14(21)25-11-18(19,20)15(22)23/h5-8H,2-4,9-11H2,1H3,(H,22,23)/p-1. The number of carbonyl (C=O) groups excluding carboxylic acids is 3. The van der Waals surface area contributed by atoms with Gasteiger partial charge in [-0.25, -0.2) is 9.59 Å². The molecule has 1 saturated carbocycles. The predicted molar refractivity (Wildman–Crippen MR) is 85.3 cm³/mol. The van der Waals surface area contributed by atoms with E-state index < -0.39 is 36.2 Å². The molecule has 1 aromatic rings. The maximum Gasteiger partial charge on any atom is 0.514 e. The molecule has 0 unspecified atom stereocenters. The molecule has 1 aliphatic rings. The van der Waals surface area contributed by atoms with Crippen LogP contribution < -0.4 is 9.84 Å². The van der Waals surface area contributed by atoms with Gasteiger partial charge >= 0.3 is 18.0 Å². The van der Waals surface area contributed by atoms with Crippen molar-refractivity contribution in [1.29, 1.82) is 0 Å². The van der Waals surface area contributed by atoms with Gasteiger partial charge in [-0.3, -0.25) is 0 Å². The fourth-order valence-corrected chi connectivity index (χ4v) is 2.80. The van der Waals surface area contributed by atoms with Crippen LogP contribution in [0.5, 0.6) is 5.75 Å². The SMILES string of the molecule is CCC1(OC(=O)Oc2ccc(C(=O)OCC(F)(F)C(=O)[O-])cc2)CCCC1. The highest BCUT2D eigenvalue weighted by Crippen LogP contribution is 2.36. The predicted octanol–water partition coefficient (Wildman–Crippen LogP) is 2.47. The second-order valence-electron chi connectivity index (χ2n) is 6.29. The van der Waals surface area contributed by atoms with Crippen molar-refractivity contribution in [3.8, 4) is 5.75 Å². The number of hydrogen-bond donors (Lipinski definition) is 0. The van der Waals surface area contributed by atoms with Crippen LogP contribution in [0.1, 0.15) is 49.4 Å². The largest absolute Gasteiger partial charge is 0.544 e. The number of carboxylic acids is 1. The first-order valence-corrected chi connectivity index (χ1v) is 8.45. The van der Waals surface area contributed by atoms with Gasteiger partial charge in [0.2, 0.25) is 0 Å². The monoisotopic (exact) mass is 385 g/mol. The van der Waals surface area contributed by atoms with E-state index in [4.69, 9.17) is 9.47 Å². The number of carbonyl (C=O) groups is 3. The molecule has 1 aliphatic carbocycles. The molecule has 9 heteroatoms. The molecule has 0 aliphatic heterocycles. The molecular formula is C18H19F2O7-. The van der Waals surface area contributed by atoms with Crippen LogP contribution in [0.15, 0.2) is 24.3 Å². The Morgan fingerprint density at radius 2 is 1.74 bits per heavy atom. The van der Waals surface area contributed by atoms with E-state index >= 15 is 0 Å². The molecule has 0 radical (unpaired) electrons. The summed E-state index contributed by atoms with van der Waals surface area (Å²) in [5.41, 5.74) is -0.629. The van der Waals surface area contributed by atoms with Crippen molar-refractivity contribution in [2.24, 2.45) is 0 Å². The highest BCUT2D eigenvalue weighted by Gasteiger charge is 2.36. The molecule has 0 spiro atoms. The number of carboxylic acid groups (broad SMARTS) is 1. The highest BCUT2D eigenvalue weighted by molar-refractivity contribution is 5.89. The van der Waals surface area contributed by atoms with Gasteiger partial charge in [-0.1, -0.05) is 6.92 Å². The lowest BCUT2D eigenvalue weighted by Crippen LogP contribution is -2.45. The van der Waals surface area contributed by atoms with Gasteiger partial charge in [0.25, 0.3) is 0 Å². The topological polar surface area (TPSA) is 102 Å². The van der Waals surface area contributed by atoms with E-state index in [-0.39, 0.29) is 11.3 Å². The van der Waals surface area contributed by atoms with Crippen molar-refractivity contribution >= 4 is 18.1 Å². The number of alkyl halides is 2. The van der Waals surface area contributed by atoms with E-state index in [0.29, 0.717) is 6.42 Å². The van der Waals surface area contributed by atoms with E-state index in [1.165, 1.54) is 24.3 Å². The van der Waals surface area contributed by atoms with E-state index in [0.717, 1.165) is 25.7 Å². The Kier molecular flexibility index (Phi) is 6.35. The van der Waals surface area contributed by atoms with Gasteiger partial charge in [0, 0.05) is 0 Å². The summed E-state index contributed by atoms with van der Waals surface area (Å²) in [6.07, 6.45) is 3.34. The second-order valence-corrected chi connectivity index (χ2v) is 6.29. The first-order valence-electron chi connectivity index (χ1n) is 8.45. The van der Waals surface area contributed by atoms with Crippen LogP contribution in [0.3, 0.4) is 0 Å². The van der Waals surface area contributed by atoms with Crippen molar-refractivity contribution < 1.29 is 42.5 Å². The van der Waals surface area contributed by atoms with Gasteiger partial charge in [-0.2, -0.15) is 8.78 Å². The van der Waals surface area contributed by atoms with Crippen LogP contribution in [-0.4, -0.2) is 36.2 Å². The van der Waals surface area contributed by atoms with Crippen LogP contribution in [0, 0.1) is 0 Å². The minimum Gasteiger partial charge on any atom is -0.544 e. The molecule has 0 bridgehead atoms. The van der Waals surface area contributed by atoms with E-state index in [2.05, 4.69) is 4.74 Å². The molecular weight excluding hydrogens is 366 g/mol. The number of halogens is 2. The third-order valence-corrected chi connectivity index (χ3v) is 4.43. The van der Waals surface area contributed by atoms with Crippen LogP contribution in [0.2, 0.25) is 0 Å². The lowest BCUT2D eigenvalue weighted by atomic mass is 9.99. The molecule has 7 nitrogen and oxygen atoms in total. The summed E-state index contributed by atoms with van der Waals surface area (Å²) in [7, 11) is 0. The molecule has 1 fully saturated rings. The van der Waals surface area contributed by atoms with Gasteiger partial charge in [-0.15, -0.1) is 0 Å². The molecule has 148 valence electrons. The lowest BCUT2D eigenvalue weighted by Gasteiger charge is -2.26. The fraction of sp³-hybridized carbons (Fsp3) is 0.500. The Hall–Kier alpha value is -2.71. The minimum atomic E-state index is -4.28. The van der Waals surface area contributed by atoms with Crippen molar-refractivity contribution in [2.75, 3.05) is 6.61 Å². The Labute approximate surface area is 154 Å². The maximum absolute atomic E-state index is 12.8. The smallest absolute Gasteiger partial charge is 0.514 e. The molecule has 0 heterocycles. The minimum absolute atomic E-state index is 0.0980. The number of aliphatic carboxylic acids is 1. The number of hydrogen-bond acceptors (Lipinski definition) is 7. The number of rotatable bonds is 7. The average molecular weight is 385 g/mol. The summed E-state index contributed by atoms with van der Waals surface area (Å²) < 4.78 is 40.4. The summed E-state index contributed by atoms with van der Waals surface area (Å²) in [5.74, 6) is -7.97. The average Bonchev–Trinajstić information content (AvgIpc) is 3.09. The summed E-state index contributed by atoms with van der Waals surface area (Å²) in [6.45, 7) is 0.292. The third-order valence-electron chi connectivity index (χ3n) is 4.43. The first kappa shape index (κ1) is 20.6. The number of esters is 1. The number of benzene rings is 1. The third kappa shape index (κ3) is 5.38. The summed E-state index contributed by atoms with van der Waals surface area (Å²) in [4.78, 5) is 33.8. The zero-order valence-electron chi connectivity index (χ0n) is 14.7. The van der Waals surface area contributed by atoms with Crippen LogP contribution >= 0.6 is 0 Å². The first-order chi connectivity index (χ1) is 12.7. The Morgan fingerprint density at radius 1 is 1.15 bits per heavy atom. The second kappa shape index (κ2) is 8.32. The maximum atomic E-state index is 12.8. The fourth-order valence-electron chi connectivity index (χ4n) is 2.80. The van der Waals surface area contributed by atoms with Gasteiger partial charge in [0.1, 0.15) is 17.3 Å². The Bertz CT molecular complexity index is 694. The Morgan fingerprint density at radius 3 is 2.26 bits per heavy atom. The van der Waals surface area contributed by atoms with Crippen molar-refractivity contribution in [1.82, 2.24) is 0 Å². The molecule has 2 rings (SSSR count). The molecule has 0 amide bonds. The molecule has 0 atom stereocenters. The lowest BCUT2D eigenvalue weighted by molar-refractivity contribution is -0.331. The normalized spacial score (nSPS) is 15.8. The molecule has 1 aromatic carbocycles. The van der Waals surface area contributed by atoms with Gasteiger partial charge in [0.05, 0.1) is 5.56 Å². The molecule has 0 N–H and O–H groups in total. The van der Waals surface area contributed by atoms with E-state index in [1.54, 1.807) is 0 Å². The van der Waals surface area contributed by atoms with Gasteiger partial charge < -0.3 is 24.1 Å². The Balaban J connectivity index is 1.90. The van der Waals surface area contributed by atoms with Crippen LogP contribution in [0.4, 0.5) is 13.6 Å². The highest BCUT2D eigenvalue weighted by atomic mass is 19.3. The van der Waals surface area contributed by atoms with E-state index in [1.807, 2.05) is 6.92 Å². The van der Waals surface area contributed by atoms with Crippen molar-refractivity contribution in [3.05, 3.63) is 29.8 Å². The molecule has 0 saturated heterocycles. The van der Waals surface area contributed by atoms with Crippen LogP contribution in [0.25, 0.3) is 0 Å². The summed E-state index contributed by atoms with van der Waals surface area (Å²) in [5, 5.41) is 10.2. The summed E-state index contributed by atoms with van der Waals surface area (Å²) in [6, 6.07) is 4.91. The quantitative estimate of drug-likeness (QED) is 0.525. The van der Waals surface area contributed by atoms with Gasteiger partial charge in [0.15, 0.2) is 6.61 Å². The molecule has 27 heavy (non-hydrogen) atoms. The number of ether oxygens (including phenoxy) is 3. The van der Waals surface area contributed by atoms with Crippen molar-refractivity contribution in [3.63, 3.8) is 0 Å². The molecule has 0 aromatic heterocycles. The zero-order valence-corrected chi connectivity index (χ0v) is 14.7. The zero-order chi connectivity index (χ0) is 20.1. The summed E-state index contributed by atoms with van der Waals surface area (Å²) >= 11 is 0. The van der Waals surface area contributed by atoms with E-state index in [9.17, 15) is 28.3 Å². The van der Waals surface area contributed by atoms with Gasteiger partial charge in [-0.05, 0) is 56.4 Å². The van der Waals surface area contributed by atoms with Crippen LogP contribution in [-0.2, 0) is 14.3 Å². The van der Waals surface area contributed by atoms with Crippen molar-refractivity contribution in [2.45, 2.75) is 50.6 Å².